The molecule has 0 fully saturated rings. The van der Waals surface area contributed by atoms with Crippen molar-refractivity contribution in [1.29, 1.82) is 0 Å². The van der Waals surface area contributed by atoms with Crippen LogP contribution < -0.4 is 9.47 Å². The Morgan fingerprint density at radius 1 is 0.548 bits per heavy atom. The lowest BCUT2D eigenvalue weighted by atomic mass is 9.78. The molecule has 0 aliphatic carbocycles. The third-order valence-corrected chi connectivity index (χ3v) is 7.34. The van der Waals surface area contributed by atoms with E-state index in [-0.39, 0.29) is 28.2 Å². The second kappa shape index (κ2) is 9.49. The molecule has 42 heavy (non-hydrogen) atoms. The summed E-state index contributed by atoms with van der Waals surface area (Å²) in [6.45, 7) is 0. The Labute approximate surface area is 236 Å². The van der Waals surface area contributed by atoms with E-state index in [0.717, 1.165) is 30.3 Å². The van der Waals surface area contributed by atoms with Crippen molar-refractivity contribution in [2.75, 3.05) is 0 Å². The molecule has 4 atom stereocenters. The number of rotatable bonds is 3. The Balaban J connectivity index is 1.59. The van der Waals surface area contributed by atoms with E-state index in [2.05, 4.69) is 0 Å². The van der Waals surface area contributed by atoms with E-state index in [1.165, 1.54) is 30.3 Å². The average Bonchev–Trinajstić information content (AvgIpc) is 2.92. The van der Waals surface area contributed by atoms with Gasteiger partial charge in [0.2, 0.25) is 5.78 Å². The summed E-state index contributed by atoms with van der Waals surface area (Å²) in [6, 6.07) is 11.8. The highest BCUT2D eigenvalue weighted by Gasteiger charge is 2.48. The maximum Gasteiger partial charge on any atom is 0.202 e. The van der Waals surface area contributed by atoms with E-state index >= 15 is 0 Å². The molecule has 0 bridgehead atoms. The predicted octanol–water partition coefficient (Wildman–Crippen LogP) is 3.40. The maximum absolute atomic E-state index is 14.1. The van der Waals surface area contributed by atoms with Gasteiger partial charge in [0.05, 0.1) is 11.5 Å². The lowest BCUT2D eigenvalue weighted by Crippen LogP contribution is -2.38. The second-order valence-corrected chi connectivity index (χ2v) is 9.94. The Morgan fingerprint density at radius 2 is 1.21 bits per heavy atom. The number of phenolic OH excluding ortho intramolecular Hbond substituents is 7. The first-order chi connectivity index (χ1) is 20.0. The number of hydrogen-bond donors (Lipinski definition) is 8. The fraction of sp³-hybridized carbons (Fsp3) is 0.133. The Bertz CT molecular complexity index is 1780. The molecule has 0 amide bonds. The van der Waals surface area contributed by atoms with Gasteiger partial charge in [0.15, 0.2) is 29.5 Å². The summed E-state index contributed by atoms with van der Waals surface area (Å²) in [5.41, 5.74) is -0.839. The summed E-state index contributed by atoms with van der Waals surface area (Å²) < 4.78 is 12.1. The number of Topliss-reactive ketones (excluding diaryl/α,β-unsaturated/α-hetero) is 2. The van der Waals surface area contributed by atoms with Crippen molar-refractivity contribution in [1.82, 2.24) is 0 Å². The lowest BCUT2D eigenvalue weighted by molar-refractivity contribution is 0.0196. The fourth-order valence-electron chi connectivity index (χ4n) is 5.38. The maximum atomic E-state index is 14.1. The van der Waals surface area contributed by atoms with Crippen molar-refractivity contribution in [3.8, 4) is 51.7 Å². The number of fused-ring (bicyclic) bond motifs is 2. The van der Waals surface area contributed by atoms with Crippen molar-refractivity contribution in [3.05, 3.63) is 88.5 Å². The summed E-state index contributed by atoms with van der Waals surface area (Å²) in [5.74, 6) is -7.60. The van der Waals surface area contributed by atoms with E-state index in [9.17, 15) is 50.4 Å². The van der Waals surface area contributed by atoms with E-state index in [0.29, 0.717) is 5.56 Å². The first-order valence-electron chi connectivity index (χ1n) is 12.5. The van der Waals surface area contributed by atoms with Gasteiger partial charge in [-0.3, -0.25) is 9.59 Å². The van der Waals surface area contributed by atoms with Crippen LogP contribution in [0.5, 0.6) is 51.7 Å². The molecule has 4 aromatic carbocycles. The normalized spacial score (nSPS) is 21.2. The van der Waals surface area contributed by atoms with Crippen LogP contribution in [0.15, 0.2) is 60.7 Å². The molecule has 0 unspecified atom stereocenters. The van der Waals surface area contributed by atoms with Gasteiger partial charge in [0, 0.05) is 18.2 Å². The highest BCUT2D eigenvalue weighted by molar-refractivity contribution is 6.10. The number of aromatic hydroxyl groups is 7. The topological polar surface area (TPSA) is 214 Å². The number of benzene rings is 4. The lowest BCUT2D eigenvalue weighted by Gasteiger charge is -2.37. The zero-order valence-electron chi connectivity index (χ0n) is 21.3. The smallest absolute Gasteiger partial charge is 0.202 e. The molecule has 0 radical (unpaired) electrons. The van der Waals surface area contributed by atoms with Gasteiger partial charge in [-0.2, -0.15) is 0 Å². The van der Waals surface area contributed by atoms with Crippen LogP contribution in [-0.4, -0.2) is 58.5 Å². The average molecular weight is 574 g/mol. The summed E-state index contributed by atoms with van der Waals surface area (Å²) in [7, 11) is 0. The quantitative estimate of drug-likeness (QED) is 0.165. The van der Waals surface area contributed by atoms with Crippen LogP contribution in [0.4, 0.5) is 0 Å². The summed E-state index contributed by atoms with van der Waals surface area (Å²) in [4.78, 5) is 27.5. The van der Waals surface area contributed by atoms with Crippen molar-refractivity contribution < 1.29 is 59.9 Å². The van der Waals surface area contributed by atoms with Gasteiger partial charge in [-0.05, 0) is 35.4 Å². The van der Waals surface area contributed by atoms with E-state index in [1.807, 2.05) is 0 Å². The minimum Gasteiger partial charge on any atom is -0.508 e. The van der Waals surface area contributed by atoms with Gasteiger partial charge in [-0.1, -0.05) is 18.2 Å². The van der Waals surface area contributed by atoms with Crippen LogP contribution in [-0.2, 0) is 0 Å². The van der Waals surface area contributed by atoms with Crippen LogP contribution in [0.25, 0.3) is 0 Å². The van der Waals surface area contributed by atoms with Crippen LogP contribution in [0.3, 0.4) is 0 Å². The number of aliphatic hydroxyl groups is 1. The van der Waals surface area contributed by atoms with Crippen LogP contribution in [0.2, 0.25) is 0 Å². The molecule has 0 aromatic heterocycles. The molecule has 12 nitrogen and oxygen atoms in total. The number of ether oxygens (including phenoxy) is 2. The molecule has 12 heteroatoms. The van der Waals surface area contributed by atoms with E-state index in [4.69, 9.17) is 9.47 Å². The van der Waals surface area contributed by atoms with E-state index in [1.54, 1.807) is 0 Å². The van der Waals surface area contributed by atoms with Crippen molar-refractivity contribution >= 4 is 11.6 Å². The number of hydrogen-bond acceptors (Lipinski definition) is 12. The molecule has 0 saturated heterocycles. The van der Waals surface area contributed by atoms with Crippen molar-refractivity contribution in [3.63, 3.8) is 0 Å². The third kappa shape index (κ3) is 4.04. The monoisotopic (exact) mass is 574 g/mol. The predicted molar refractivity (Wildman–Crippen MR) is 142 cm³/mol. The number of aliphatic hydroxyl groups excluding tert-OH is 1. The molecule has 0 saturated carbocycles. The van der Waals surface area contributed by atoms with Crippen LogP contribution in [0, 0.1) is 0 Å². The van der Waals surface area contributed by atoms with Gasteiger partial charge in [-0.25, -0.2) is 0 Å². The molecule has 0 spiro atoms. The first-order valence-corrected chi connectivity index (χ1v) is 12.5. The standard InChI is InChI=1S/C30H22O12/c31-13-4-1-11(2-5-13)28-24(25(38)21-17(35)8-14(32)9-20(21)41-28)22-18(36)10-19(37)23-26(39)27(40)29(42-30(22)23)12-3-6-15(33)16(34)7-12/h1-10,24,27-29,31-37,40H/t24-,27+,28-,29-/m1/s1. The fourth-order valence-corrected chi connectivity index (χ4v) is 5.38. The van der Waals surface area contributed by atoms with Crippen LogP contribution in [0.1, 0.15) is 55.5 Å². The Hall–Kier alpha value is -5.62. The van der Waals surface area contributed by atoms with Gasteiger partial charge in [0.25, 0.3) is 0 Å². The molecule has 2 aliphatic heterocycles. The highest BCUT2D eigenvalue weighted by atomic mass is 16.5. The largest absolute Gasteiger partial charge is 0.508 e. The molecule has 214 valence electrons. The minimum absolute atomic E-state index is 0.0466. The number of ketones is 2. The highest BCUT2D eigenvalue weighted by Crippen LogP contribution is 2.55. The molecular formula is C30H22O12. The number of phenols is 7. The van der Waals surface area contributed by atoms with Gasteiger partial charge in [0.1, 0.15) is 57.5 Å². The third-order valence-electron chi connectivity index (χ3n) is 7.34. The number of carbonyl (C=O) groups excluding carboxylic acids is 2. The van der Waals surface area contributed by atoms with Crippen molar-refractivity contribution in [2.24, 2.45) is 0 Å². The molecule has 2 heterocycles. The SMILES string of the molecule is O=C1c2c(O)cc(O)c([C@@H]3C(=O)c4c(O)cc(O)cc4O[C@@H]3c3ccc(O)cc3)c2O[C@H](c2ccc(O)c(O)c2)[C@H]1O. The molecule has 6 rings (SSSR count). The zero-order chi connectivity index (χ0) is 30.0. The second-order valence-electron chi connectivity index (χ2n) is 9.94. The first kappa shape index (κ1) is 26.6. The zero-order valence-corrected chi connectivity index (χ0v) is 21.3. The Kier molecular flexibility index (Phi) is 6.01. The summed E-state index contributed by atoms with van der Waals surface area (Å²) in [5, 5.41) is 82.8. The van der Waals surface area contributed by atoms with Gasteiger partial charge >= 0.3 is 0 Å². The summed E-state index contributed by atoms with van der Waals surface area (Å²) >= 11 is 0. The molecule has 4 aromatic rings. The minimum atomic E-state index is -1.90. The Morgan fingerprint density at radius 3 is 1.90 bits per heavy atom. The molecular weight excluding hydrogens is 552 g/mol. The number of carbonyl (C=O) groups is 2. The summed E-state index contributed by atoms with van der Waals surface area (Å²) in [6.07, 6.45) is -4.70. The van der Waals surface area contributed by atoms with Crippen LogP contribution >= 0.6 is 0 Å². The van der Waals surface area contributed by atoms with Gasteiger partial charge in [-0.15, -0.1) is 0 Å². The van der Waals surface area contributed by atoms with E-state index < -0.39 is 81.6 Å². The molecule has 8 N–H and O–H groups in total. The molecule has 2 aliphatic rings. The van der Waals surface area contributed by atoms with Gasteiger partial charge < -0.3 is 50.3 Å². The van der Waals surface area contributed by atoms with Crippen molar-refractivity contribution in [2.45, 2.75) is 24.2 Å².